The highest BCUT2D eigenvalue weighted by atomic mass is 35.5. The van der Waals surface area contributed by atoms with Gasteiger partial charge in [-0.15, -0.1) is 0 Å². The smallest absolute Gasteiger partial charge is 0.284 e. The fourth-order valence-electron chi connectivity index (χ4n) is 1.71. The number of fused-ring (bicyclic) bond motifs is 1. The van der Waals surface area contributed by atoms with Crippen LogP contribution in [0.3, 0.4) is 0 Å². The average molecular weight is 270 g/mol. The highest BCUT2D eigenvalue weighted by Gasteiger charge is 2.29. The normalized spacial score (nSPS) is 17.4. The molecule has 1 heterocycles. The second-order valence-electron chi connectivity index (χ2n) is 4.73. The van der Waals surface area contributed by atoms with Crippen LogP contribution >= 0.6 is 11.6 Å². The summed E-state index contributed by atoms with van der Waals surface area (Å²) < 4.78 is 5.53. The molecule has 1 aliphatic heterocycles. The number of benzene rings is 1. The van der Waals surface area contributed by atoms with Crippen molar-refractivity contribution < 1.29 is 14.4 Å². The Morgan fingerprint density at radius 1 is 1.61 bits per heavy atom. The van der Waals surface area contributed by atoms with Gasteiger partial charge in [0.1, 0.15) is 5.75 Å². The summed E-state index contributed by atoms with van der Waals surface area (Å²) in [5, 5.41) is 0.648. The van der Waals surface area contributed by atoms with E-state index >= 15 is 0 Å². The van der Waals surface area contributed by atoms with Gasteiger partial charge in [0.25, 0.3) is 5.91 Å². The first-order valence-electron chi connectivity index (χ1n) is 5.93. The zero-order valence-corrected chi connectivity index (χ0v) is 11.2. The molecule has 1 aromatic rings. The van der Waals surface area contributed by atoms with Crippen LogP contribution in [-0.2, 0) is 16.1 Å². The minimum atomic E-state index is -0.536. The van der Waals surface area contributed by atoms with Crippen molar-refractivity contribution in [1.82, 2.24) is 5.48 Å². The molecule has 0 aromatic heterocycles. The topological polar surface area (TPSA) is 47.6 Å². The Hall–Kier alpha value is -1.26. The van der Waals surface area contributed by atoms with E-state index in [1.54, 1.807) is 12.1 Å². The van der Waals surface area contributed by atoms with Gasteiger partial charge in [-0.2, -0.15) is 0 Å². The number of nitrogens with one attached hydrogen (secondary N) is 1. The Labute approximate surface area is 111 Å². The summed E-state index contributed by atoms with van der Waals surface area (Å²) in [4.78, 5) is 16.9. The maximum absolute atomic E-state index is 11.8. The number of ether oxygens (including phenoxy) is 1. The summed E-state index contributed by atoms with van der Waals surface area (Å²) in [5.41, 5.74) is 3.36. The van der Waals surface area contributed by atoms with Crippen LogP contribution < -0.4 is 10.2 Å². The van der Waals surface area contributed by atoms with Crippen LogP contribution in [0.2, 0.25) is 5.02 Å². The number of carbonyl (C=O) groups is 1. The molecule has 0 saturated heterocycles. The summed E-state index contributed by atoms with van der Waals surface area (Å²) in [6.07, 6.45) is -0.0159. The van der Waals surface area contributed by atoms with Crippen LogP contribution in [0.25, 0.3) is 0 Å². The lowest BCUT2D eigenvalue weighted by molar-refractivity contribution is -0.140. The van der Waals surface area contributed by atoms with E-state index in [1.807, 2.05) is 19.9 Å². The van der Waals surface area contributed by atoms with Crippen molar-refractivity contribution in [3.8, 4) is 5.75 Å². The van der Waals surface area contributed by atoms with E-state index in [9.17, 15) is 4.79 Å². The second-order valence-corrected chi connectivity index (χ2v) is 5.17. The van der Waals surface area contributed by atoms with Gasteiger partial charge in [-0.3, -0.25) is 9.63 Å². The number of hydrogen-bond donors (Lipinski definition) is 1. The average Bonchev–Trinajstić information content (AvgIpc) is 2.71. The molecule has 1 aromatic carbocycles. The summed E-state index contributed by atoms with van der Waals surface area (Å²) in [5.74, 6) is 0.817. The predicted octanol–water partition coefficient (Wildman–Crippen LogP) is 2.35. The Morgan fingerprint density at radius 3 is 3.11 bits per heavy atom. The fourth-order valence-corrected chi connectivity index (χ4v) is 1.90. The molecule has 18 heavy (non-hydrogen) atoms. The van der Waals surface area contributed by atoms with Crippen LogP contribution in [-0.4, -0.2) is 18.6 Å². The van der Waals surface area contributed by atoms with Crippen LogP contribution in [0.15, 0.2) is 18.2 Å². The number of carbonyl (C=O) groups excluding carboxylic acids is 1. The first kappa shape index (κ1) is 13.2. The van der Waals surface area contributed by atoms with Crippen LogP contribution in [0.5, 0.6) is 5.75 Å². The minimum Gasteiger partial charge on any atom is -0.480 e. The van der Waals surface area contributed by atoms with Crippen molar-refractivity contribution in [1.29, 1.82) is 0 Å². The molecule has 0 radical (unpaired) electrons. The third-order valence-corrected chi connectivity index (χ3v) is 2.81. The third kappa shape index (κ3) is 3.15. The number of amides is 1. The second kappa shape index (κ2) is 5.59. The Balaban J connectivity index is 1.88. The first-order valence-corrected chi connectivity index (χ1v) is 6.31. The molecule has 1 aliphatic rings. The fraction of sp³-hybridized carbons (Fsp3) is 0.462. The minimum absolute atomic E-state index is 0.261. The standard InChI is InChI=1S/C13H16ClNO3/c1-8(2)7-17-15-13(16)12-6-9-5-10(14)3-4-11(9)18-12/h3-5,8,12H,6-7H2,1-2H3,(H,15,16). The molecule has 1 atom stereocenters. The summed E-state index contributed by atoms with van der Waals surface area (Å²) in [7, 11) is 0. The molecule has 1 N–H and O–H groups in total. The van der Waals surface area contributed by atoms with Crippen molar-refractivity contribution in [2.45, 2.75) is 26.4 Å². The van der Waals surface area contributed by atoms with Gasteiger partial charge in [0.2, 0.25) is 0 Å². The van der Waals surface area contributed by atoms with Gasteiger partial charge in [0, 0.05) is 11.4 Å². The van der Waals surface area contributed by atoms with Gasteiger partial charge in [0.15, 0.2) is 6.10 Å². The van der Waals surface area contributed by atoms with Gasteiger partial charge < -0.3 is 4.74 Å². The van der Waals surface area contributed by atoms with E-state index in [-0.39, 0.29) is 5.91 Å². The Bertz CT molecular complexity index is 448. The molecule has 0 spiro atoms. The molecule has 0 saturated carbocycles. The zero-order valence-electron chi connectivity index (χ0n) is 10.4. The molecule has 1 amide bonds. The van der Waals surface area contributed by atoms with Crippen molar-refractivity contribution in [3.63, 3.8) is 0 Å². The highest BCUT2D eigenvalue weighted by molar-refractivity contribution is 6.30. The molecule has 1 unspecified atom stereocenters. The van der Waals surface area contributed by atoms with E-state index in [0.717, 1.165) is 5.56 Å². The lowest BCUT2D eigenvalue weighted by atomic mass is 10.1. The van der Waals surface area contributed by atoms with Crippen LogP contribution in [0.4, 0.5) is 0 Å². The lowest BCUT2D eigenvalue weighted by Gasteiger charge is -2.12. The summed E-state index contributed by atoms with van der Waals surface area (Å²) in [6.45, 7) is 4.50. The quantitative estimate of drug-likeness (QED) is 0.854. The van der Waals surface area contributed by atoms with Gasteiger partial charge in [-0.05, 0) is 29.7 Å². The van der Waals surface area contributed by atoms with Crippen molar-refractivity contribution in [2.75, 3.05) is 6.61 Å². The van der Waals surface area contributed by atoms with Crippen molar-refractivity contribution in [2.24, 2.45) is 5.92 Å². The monoisotopic (exact) mass is 269 g/mol. The van der Waals surface area contributed by atoms with Crippen molar-refractivity contribution in [3.05, 3.63) is 28.8 Å². The molecular weight excluding hydrogens is 254 g/mol. The predicted molar refractivity (Wildman–Crippen MR) is 68.5 cm³/mol. The molecule has 0 bridgehead atoms. The van der Waals surface area contributed by atoms with Gasteiger partial charge in [0.05, 0.1) is 6.61 Å². The SMILES string of the molecule is CC(C)CONC(=O)C1Cc2cc(Cl)ccc2O1. The van der Waals surface area contributed by atoms with E-state index < -0.39 is 6.10 Å². The van der Waals surface area contributed by atoms with Gasteiger partial charge in [-0.1, -0.05) is 25.4 Å². The van der Waals surface area contributed by atoms with Gasteiger partial charge >= 0.3 is 0 Å². The summed E-state index contributed by atoms with van der Waals surface area (Å²) in [6, 6.07) is 5.34. The number of hydroxylamine groups is 1. The van der Waals surface area contributed by atoms with E-state index in [4.69, 9.17) is 21.2 Å². The molecule has 0 fully saturated rings. The van der Waals surface area contributed by atoms with Crippen LogP contribution in [0, 0.1) is 5.92 Å². The Kier molecular flexibility index (Phi) is 4.09. The first-order chi connectivity index (χ1) is 8.56. The van der Waals surface area contributed by atoms with E-state index in [1.165, 1.54) is 0 Å². The zero-order chi connectivity index (χ0) is 13.1. The number of rotatable bonds is 4. The maximum atomic E-state index is 11.8. The third-order valence-electron chi connectivity index (χ3n) is 2.58. The molecular formula is C13H16ClNO3. The largest absolute Gasteiger partial charge is 0.480 e. The van der Waals surface area contributed by atoms with Crippen molar-refractivity contribution >= 4 is 17.5 Å². The summed E-state index contributed by atoms with van der Waals surface area (Å²) >= 11 is 5.89. The van der Waals surface area contributed by atoms with E-state index in [2.05, 4.69) is 5.48 Å². The highest BCUT2D eigenvalue weighted by Crippen LogP contribution is 2.31. The number of halogens is 1. The molecule has 2 rings (SSSR count). The van der Waals surface area contributed by atoms with Crippen LogP contribution in [0.1, 0.15) is 19.4 Å². The lowest BCUT2D eigenvalue weighted by Crippen LogP contribution is -2.38. The molecule has 5 heteroatoms. The molecule has 4 nitrogen and oxygen atoms in total. The van der Waals surface area contributed by atoms with E-state index in [0.29, 0.717) is 29.7 Å². The maximum Gasteiger partial charge on any atom is 0.284 e. The van der Waals surface area contributed by atoms with Gasteiger partial charge in [-0.25, -0.2) is 5.48 Å². The Morgan fingerprint density at radius 2 is 2.39 bits per heavy atom. The number of hydrogen-bond acceptors (Lipinski definition) is 3. The molecule has 0 aliphatic carbocycles. The molecule has 98 valence electrons.